The molecule has 5 rings (SSSR count). The SMILES string of the molecule is CCCCOc1ccc(CN2CCN(c3ccc4c(c3)CCC(=O)N4Cc3ccccc3)CC2)cc1.Cl.Cl. The van der Waals surface area contributed by atoms with Crippen molar-refractivity contribution >= 4 is 42.1 Å². The van der Waals surface area contributed by atoms with Crippen LogP contribution in [0.2, 0.25) is 0 Å². The van der Waals surface area contributed by atoms with E-state index < -0.39 is 0 Å². The normalized spacial score (nSPS) is 15.3. The highest BCUT2D eigenvalue weighted by Crippen LogP contribution is 2.33. The van der Waals surface area contributed by atoms with Gasteiger partial charge in [-0.15, -0.1) is 24.8 Å². The predicted octanol–water partition coefficient (Wildman–Crippen LogP) is 6.51. The summed E-state index contributed by atoms with van der Waals surface area (Å²) in [6.45, 7) is 8.71. The maximum Gasteiger partial charge on any atom is 0.227 e. The molecule has 3 aromatic carbocycles. The second kappa shape index (κ2) is 14.4. The van der Waals surface area contributed by atoms with E-state index in [2.05, 4.69) is 71.3 Å². The smallest absolute Gasteiger partial charge is 0.227 e. The number of rotatable bonds is 9. The van der Waals surface area contributed by atoms with Gasteiger partial charge in [-0.1, -0.05) is 55.8 Å². The molecule has 0 N–H and O–H groups in total. The fourth-order valence-corrected chi connectivity index (χ4v) is 5.13. The van der Waals surface area contributed by atoms with Crippen molar-refractivity contribution < 1.29 is 9.53 Å². The number of halogens is 2. The number of carbonyl (C=O) groups excluding carboxylic acids is 1. The molecule has 0 aliphatic carbocycles. The monoisotopic (exact) mass is 555 g/mol. The average Bonchev–Trinajstić information content (AvgIpc) is 2.92. The van der Waals surface area contributed by atoms with Crippen LogP contribution >= 0.6 is 24.8 Å². The van der Waals surface area contributed by atoms with Crippen LogP contribution in [0, 0.1) is 0 Å². The highest BCUT2D eigenvalue weighted by atomic mass is 35.5. The number of ether oxygens (including phenoxy) is 1. The third kappa shape index (κ3) is 7.43. The van der Waals surface area contributed by atoms with Gasteiger partial charge in [0.25, 0.3) is 0 Å². The number of nitrogens with zero attached hydrogens (tertiary/aromatic N) is 3. The van der Waals surface area contributed by atoms with Gasteiger partial charge in [-0.3, -0.25) is 9.69 Å². The summed E-state index contributed by atoms with van der Waals surface area (Å²) in [5, 5.41) is 0. The topological polar surface area (TPSA) is 36.0 Å². The van der Waals surface area contributed by atoms with E-state index in [1.807, 2.05) is 23.1 Å². The fraction of sp³-hybridized carbons (Fsp3) is 0.387. The summed E-state index contributed by atoms with van der Waals surface area (Å²) in [6.07, 6.45) is 3.66. The van der Waals surface area contributed by atoms with E-state index in [0.717, 1.165) is 75.6 Å². The van der Waals surface area contributed by atoms with Crippen LogP contribution in [0.5, 0.6) is 5.75 Å². The van der Waals surface area contributed by atoms with Gasteiger partial charge in [-0.2, -0.15) is 0 Å². The zero-order valence-corrected chi connectivity index (χ0v) is 23.8. The molecule has 2 heterocycles. The molecule has 2 aliphatic rings. The van der Waals surface area contributed by atoms with Gasteiger partial charge in [-0.25, -0.2) is 0 Å². The van der Waals surface area contributed by atoms with Gasteiger partial charge in [-0.05, 0) is 59.9 Å². The van der Waals surface area contributed by atoms with E-state index in [1.54, 1.807) is 0 Å². The number of unbranched alkanes of at least 4 members (excludes halogenated alkanes) is 1. The van der Waals surface area contributed by atoms with Gasteiger partial charge < -0.3 is 14.5 Å². The van der Waals surface area contributed by atoms with Crippen molar-refractivity contribution in [1.29, 1.82) is 0 Å². The fourth-order valence-electron chi connectivity index (χ4n) is 5.13. The number of hydrogen-bond donors (Lipinski definition) is 0. The molecule has 0 bridgehead atoms. The van der Waals surface area contributed by atoms with Gasteiger partial charge >= 0.3 is 0 Å². The van der Waals surface area contributed by atoms with Crippen molar-refractivity contribution in [2.24, 2.45) is 0 Å². The lowest BCUT2D eigenvalue weighted by molar-refractivity contribution is -0.119. The zero-order valence-electron chi connectivity index (χ0n) is 22.2. The third-order valence-electron chi connectivity index (χ3n) is 7.28. The molecule has 3 aromatic rings. The molecule has 0 spiro atoms. The first-order valence-electron chi connectivity index (χ1n) is 13.4. The summed E-state index contributed by atoms with van der Waals surface area (Å²) >= 11 is 0. The Morgan fingerprint density at radius 2 is 1.50 bits per heavy atom. The quantitative estimate of drug-likeness (QED) is 0.282. The molecule has 0 aromatic heterocycles. The summed E-state index contributed by atoms with van der Waals surface area (Å²) in [6, 6.07) is 25.5. The van der Waals surface area contributed by atoms with Crippen LogP contribution < -0.4 is 14.5 Å². The van der Waals surface area contributed by atoms with E-state index in [4.69, 9.17) is 4.74 Å². The molecular formula is C31H39Cl2N3O2. The number of benzene rings is 3. The van der Waals surface area contributed by atoms with Crippen LogP contribution in [0.3, 0.4) is 0 Å². The summed E-state index contributed by atoms with van der Waals surface area (Å²) < 4.78 is 5.79. The molecule has 5 nitrogen and oxygen atoms in total. The van der Waals surface area contributed by atoms with Gasteiger partial charge in [0.2, 0.25) is 5.91 Å². The summed E-state index contributed by atoms with van der Waals surface area (Å²) in [4.78, 5) is 19.7. The Morgan fingerprint density at radius 1 is 0.789 bits per heavy atom. The van der Waals surface area contributed by atoms with Crippen molar-refractivity contribution in [3.8, 4) is 5.75 Å². The number of carbonyl (C=O) groups is 1. The number of piperazine rings is 1. The number of amides is 1. The number of fused-ring (bicyclic) bond motifs is 1. The van der Waals surface area contributed by atoms with Crippen LogP contribution in [0.4, 0.5) is 11.4 Å². The van der Waals surface area contributed by atoms with Gasteiger partial charge in [0.05, 0.1) is 13.2 Å². The van der Waals surface area contributed by atoms with Crippen LogP contribution in [0.25, 0.3) is 0 Å². The van der Waals surface area contributed by atoms with E-state index in [0.29, 0.717) is 13.0 Å². The van der Waals surface area contributed by atoms with E-state index in [1.165, 1.54) is 16.8 Å². The summed E-state index contributed by atoms with van der Waals surface area (Å²) in [7, 11) is 0. The predicted molar refractivity (Wildman–Crippen MR) is 161 cm³/mol. The number of aryl methyl sites for hydroxylation is 1. The molecule has 7 heteroatoms. The van der Waals surface area contributed by atoms with Crippen LogP contribution in [-0.2, 0) is 24.3 Å². The first-order chi connectivity index (χ1) is 17.7. The van der Waals surface area contributed by atoms with Crippen molar-refractivity contribution in [2.75, 3.05) is 42.6 Å². The third-order valence-corrected chi connectivity index (χ3v) is 7.28. The summed E-state index contributed by atoms with van der Waals surface area (Å²) in [5.74, 6) is 1.18. The molecule has 1 amide bonds. The Bertz CT molecular complexity index is 1150. The maximum absolute atomic E-state index is 12.7. The average molecular weight is 557 g/mol. The molecule has 38 heavy (non-hydrogen) atoms. The molecule has 1 saturated heterocycles. The minimum absolute atomic E-state index is 0. The van der Waals surface area contributed by atoms with E-state index in [9.17, 15) is 4.79 Å². The van der Waals surface area contributed by atoms with Gasteiger partial charge in [0.15, 0.2) is 0 Å². The first kappa shape index (κ1) is 29.8. The molecule has 0 saturated carbocycles. The van der Waals surface area contributed by atoms with Gasteiger partial charge in [0.1, 0.15) is 5.75 Å². The highest BCUT2D eigenvalue weighted by Gasteiger charge is 2.26. The Hall–Kier alpha value is -2.73. The second-order valence-electron chi connectivity index (χ2n) is 9.89. The molecular weight excluding hydrogens is 517 g/mol. The van der Waals surface area contributed by atoms with Crippen LogP contribution in [0.1, 0.15) is 42.9 Å². The molecule has 0 atom stereocenters. The number of hydrogen-bond acceptors (Lipinski definition) is 4. The van der Waals surface area contributed by atoms with Crippen molar-refractivity contribution in [2.45, 2.75) is 45.7 Å². The minimum Gasteiger partial charge on any atom is -0.494 e. The lowest BCUT2D eigenvalue weighted by Crippen LogP contribution is -2.46. The number of anilines is 2. The zero-order chi connectivity index (χ0) is 24.7. The molecule has 0 radical (unpaired) electrons. The lowest BCUT2D eigenvalue weighted by Gasteiger charge is -2.37. The molecule has 204 valence electrons. The van der Waals surface area contributed by atoms with E-state index >= 15 is 0 Å². The second-order valence-corrected chi connectivity index (χ2v) is 9.89. The van der Waals surface area contributed by atoms with E-state index in [-0.39, 0.29) is 30.7 Å². The largest absolute Gasteiger partial charge is 0.494 e. The first-order valence-corrected chi connectivity index (χ1v) is 13.4. The minimum atomic E-state index is 0. The lowest BCUT2D eigenvalue weighted by atomic mass is 9.99. The maximum atomic E-state index is 12.7. The Morgan fingerprint density at radius 3 is 2.21 bits per heavy atom. The van der Waals surface area contributed by atoms with Crippen molar-refractivity contribution in [1.82, 2.24) is 4.90 Å². The Balaban J connectivity index is 0.00000200. The molecule has 2 aliphatic heterocycles. The van der Waals surface area contributed by atoms with Gasteiger partial charge in [0, 0.05) is 50.5 Å². The molecule has 1 fully saturated rings. The Labute approximate surface area is 239 Å². The standard InChI is InChI=1S/C31H37N3O2.2ClH/c1-2-3-21-36-29-13-9-26(10-14-29)23-32-17-19-33(20-18-32)28-12-15-30-27(22-28)11-16-31(35)34(30)24-25-7-5-4-6-8-25;;/h4-10,12-15,22H,2-3,11,16-21,23-24H2,1H3;2*1H. The Kier molecular flexibility index (Phi) is 11.3. The van der Waals surface area contributed by atoms with Crippen LogP contribution in [0.15, 0.2) is 72.8 Å². The summed E-state index contributed by atoms with van der Waals surface area (Å²) in [5.41, 5.74) is 6.13. The molecule has 0 unspecified atom stereocenters. The van der Waals surface area contributed by atoms with Crippen molar-refractivity contribution in [3.63, 3.8) is 0 Å². The van der Waals surface area contributed by atoms with Crippen LogP contribution in [-0.4, -0.2) is 43.6 Å². The highest BCUT2D eigenvalue weighted by molar-refractivity contribution is 5.96. The van der Waals surface area contributed by atoms with Crippen molar-refractivity contribution in [3.05, 3.63) is 89.5 Å².